The summed E-state index contributed by atoms with van der Waals surface area (Å²) in [6.45, 7) is 7.17. The molecule has 1 aromatic carbocycles. The molecule has 0 saturated carbocycles. The third kappa shape index (κ3) is 5.45. The summed E-state index contributed by atoms with van der Waals surface area (Å²) in [5.74, 6) is 0.0633. The van der Waals surface area contributed by atoms with E-state index in [0.717, 1.165) is 51.4 Å². The van der Waals surface area contributed by atoms with Gasteiger partial charge in [0.15, 0.2) is 0 Å². The van der Waals surface area contributed by atoms with Gasteiger partial charge in [-0.3, -0.25) is 9.78 Å². The van der Waals surface area contributed by atoms with Gasteiger partial charge in [-0.15, -0.1) is 0 Å². The highest BCUT2D eigenvalue weighted by atomic mass is 16.2. The van der Waals surface area contributed by atoms with Gasteiger partial charge in [0.2, 0.25) is 0 Å². The number of rotatable bonds is 7. The Bertz CT molecular complexity index is 784. The van der Waals surface area contributed by atoms with Gasteiger partial charge >= 0.3 is 0 Å². The third-order valence-corrected chi connectivity index (χ3v) is 5.03. The second-order valence-corrected chi connectivity index (χ2v) is 7.66. The quantitative estimate of drug-likeness (QED) is 0.748. The van der Waals surface area contributed by atoms with Crippen molar-refractivity contribution in [1.82, 2.24) is 14.8 Å². The maximum atomic E-state index is 12.9. The summed E-state index contributed by atoms with van der Waals surface area (Å²) in [4.78, 5) is 23.6. The molecule has 0 radical (unpaired) electrons. The van der Waals surface area contributed by atoms with Crippen LogP contribution in [0.4, 0.5) is 11.4 Å². The molecule has 2 aromatic rings. The lowest BCUT2D eigenvalue weighted by Gasteiger charge is -2.36. The lowest BCUT2D eigenvalue weighted by atomic mass is 10.1. The molecule has 2 heterocycles. The lowest BCUT2D eigenvalue weighted by Crippen LogP contribution is -2.48. The zero-order valence-electron chi connectivity index (χ0n) is 17.2. The van der Waals surface area contributed by atoms with E-state index in [1.165, 1.54) is 11.3 Å². The molecule has 1 saturated heterocycles. The first kappa shape index (κ1) is 20.1. The van der Waals surface area contributed by atoms with E-state index >= 15 is 0 Å². The van der Waals surface area contributed by atoms with Crippen LogP contribution in [-0.2, 0) is 0 Å². The van der Waals surface area contributed by atoms with Crippen molar-refractivity contribution in [1.29, 1.82) is 0 Å². The number of hydrogen-bond donors (Lipinski definition) is 1. The fourth-order valence-corrected chi connectivity index (χ4v) is 3.46. The van der Waals surface area contributed by atoms with E-state index in [-0.39, 0.29) is 5.91 Å². The van der Waals surface area contributed by atoms with Crippen LogP contribution in [0.3, 0.4) is 0 Å². The Morgan fingerprint density at radius 2 is 1.93 bits per heavy atom. The molecule has 1 aromatic heterocycles. The van der Waals surface area contributed by atoms with E-state index < -0.39 is 0 Å². The minimum absolute atomic E-state index is 0.0633. The van der Waals surface area contributed by atoms with Crippen LogP contribution in [0, 0.1) is 6.92 Å². The smallest absolute Gasteiger partial charge is 0.255 e. The fourth-order valence-electron chi connectivity index (χ4n) is 3.46. The molecule has 3 rings (SSSR count). The van der Waals surface area contributed by atoms with Gasteiger partial charge in [-0.05, 0) is 57.7 Å². The predicted molar refractivity (Wildman–Crippen MR) is 115 cm³/mol. The lowest BCUT2D eigenvalue weighted by molar-refractivity contribution is 0.0746. The second kappa shape index (κ2) is 9.55. The van der Waals surface area contributed by atoms with Crippen molar-refractivity contribution >= 4 is 17.3 Å². The molecular weight excluding hydrogens is 350 g/mol. The first-order valence-corrected chi connectivity index (χ1v) is 9.97. The average Bonchev–Trinajstić information content (AvgIpc) is 2.71. The summed E-state index contributed by atoms with van der Waals surface area (Å²) in [5.41, 5.74) is 4.05. The van der Waals surface area contributed by atoms with Crippen molar-refractivity contribution in [3.8, 4) is 0 Å². The number of amides is 1. The van der Waals surface area contributed by atoms with Gasteiger partial charge in [-0.1, -0.05) is 12.1 Å². The van der Waals surface area contributed by atoms with Crippen LogP contribution in [0.15, 0.2) is 42.7 Å². The number of aromatic nitrogens is 1. The Hall–Kier alpha value is -2.60. The molecule has 1 N–H and O–H groups in total. The number of aryl methyl sites for hydroxylation is 1. The Morgan fingerprint density at radius 3 is 2.64 bits per heavy atom. The molecule has 1 aliphatic rings. The molecule has 0 aliphatic carbocycles. The van der Waals surface area contributed by atoms with Crippen molar-refractivity contribution < 1.29 is 4.79 Å². The van der Waals surface area contributed by atoms with Crippen LogP contribution < -0.4 is 10.2 Å². The van der Waals surface area contributed by atoms with E-state index in [0.29, 0.717) is 5.56 Å². The minimum atomic E-state index is 0.0633. The van der Waals surface area contributed by atoms with Crippen LogP contribution in [-0.4, -0.2) is 74.1 Å². The normalized spacial score (nSPS) is 14.4. The van der Waals surface area contributed by atoms with Crippen LogP contribution in [0.2, 0.25) is 0 Å². The van der Waals surface area contributed by atoms with Crippen molar-refractivity contribution in [3.05, 3.63) is 53.9 Å². The van der Waals surface area contributed by atoms with Crippen molar-refractivity contribution in [2.45, 2.75) is 13.3 Å². The van der Waals surface area contributed by atoms with Crippen LogP contribution >= 0.6 is 0 Å². The number of pyridine rings is 1. The number of piperazine rings is 1. The Balaban J connectivity index is 1.54. The zero-order chi connectivity index (χ0) is 19.9. The van der Waals surface area contributed by atoms with Gasteiger partial charge in [0.25, 0.3) is 5.91 Å². The highest BCUT2D eigenvalue weighted by Gasteiger charge is 2.22. The Labute approximate surface area is 168 Å². The molecule has 0 atom stereocenters. The SMILES string of the molecule is Cc1cccc(N2CCN(C(=O)c3cncc(NCCCN(C)C)c3)CC2)c1. The first-order chi connectivity index (χ1) is 13.5. The summed E-state index contributed by atoms with van der Waals surface area (Å²) in [5, 5.41) is 3.36. The predicted octanol–water partition coefficient (Wildman–Crippen LogP) is 2.72. The molecule has 150 valence electrons. The maximum Gasteiger partial charge on any atom is 0.255 e. The molecule has 0 bridgehead atoms. The van der Waals surface area contributed by atoms with Gasteiger partial charge < -0.3 is 20.0 Å². The summed E-state index contributed by atoms with van der Waals surface area (Å²) >= 11 is 0. The molecule has 0 unspecified atom stereocenters. The van der Waals surface area contributed by atoms with Crippen LogP contribution in [0.1, 0.15) is 22.3 Å². The molecular formula is C22H31N5O. The van der Waals surface area contributed by atoms with E-state index in [1.54, 1.807) is 12.4 Å². The molecule has 1 amide bonds. The van der Waals surface area contributed by atoms with E-state index in [1.807, 2.05) is 11.0 Å². The van der Waals surface area contributed by atoms with Gasteiger partial charge in [-0.2, -0.15) is 0 Å². The summed E-state index contributed by atoms with van der Waals surface area (Å²) in [7, 11) is 4.14. The number of nitrogens with zero attached hydrogens (tertiary/aromatic N) is 4. The van der Waals surface area contributed by atoms with Crippen molar-refractivity contribution in [3.63, 3.8) is 0 Å². The Morgan fingerprint density at radius 1 is 1.14 bits per heavy atom. The Kier molecular flexibility index (Phi) is 6.87. The monoisotopic (exact) mass is 381 g/mol. The van der Waals surface area contributed by atoms with Crippen LogP contribution in [0.25, 0.3) is 0 Å². The molecule has 28 heavy (non-hydrogen) atoms. The standard InChI is InChI=1S/C22H31N5O/c1-18-6-4-7-21(14-18)26-10-12-27(13-11-26)22(28)19-15-20(17-23-16-19)24-8-5-9-25(2)3/h4,6-7,14-17,24H,5,8-13H2,1-3H3. The van der Waals surface area contributed by atoms with E-state index in [9.17, 15) is 4.79 Å². The topological polar surface area (TPSA) is 51.7 Å². The molecule has 1 aliphatic heterocycles. The van der Waals surface area contributed by atoms with Crippen molar-refractivity contribution in [2.24, 2.45) is 0 Å². The number of hydrogen-bond acceptors (Lipinski definition) is 5. The largest absolute Gasteiger partial charge is 0.384 e. The average molecular weight is 382 g/mol. The fraction of sp³-hybridized carbons (Fsp3) is 0.455. The summed E-state index contributed by atoms with van der Waals surface area (Å²) in [6.07, 6.45) is 4.49. The third-order valence-electron chi connectivity index (χ3n) is 5.03. The molecule has 1 fully saturated rings. The highest BCUT2D eigenvalue weighted by Crippen LogP contribution is 2.19. The van der Waals surface area contributed by atoms with Gasteiger partial charge in [0, 0.05) is 50.8 Å². The van der Waals surface area contributed by atoms with Crippen LogP contribution in [0.5, 0.6) is 0 Å². The number of anilines is 2. The number of benzene rings is 1. The first-order valence-electron chi connectivity index (χ1n) is 9.97. The summed E-state index contributed by atoms with van der Waals surface area (Å²) in [6, 6.07) is 10.5. The number of carbonyl (C=O) groups is 1. The number of carbonyl (C=O) groups excluding carboxylic acids is 1. The molecule has 6 nitrogen and oxygen atoms in total. The zero-order valence-corrected chi connectivity index (χ0v) is 17.2. The van der Waals surface area contributed by atoms with Crippen molar-refractivity contribution in [2.75, 3.05) is 63.6 Å². The summed E-state index contributed by atoms with van der Waals surface area (Å²) < 4.78 is 0. The van der Waals surface area contributed by atoms with Gasteiger partial charge in [0.1, 0.15) is 0 Å². The number of nitrogens with one attached hydrogen (secondary N) is 1. The van der Waals surface area contributed by atoms with Gasteiger partial charge in [-0.25, -0.2) is 0 Å². The van der Waals surface area contributed by atoms with E-state index in [4.69, 9.17) is 0 Å². The minimum Gasteiger partial charge on any atom is -0.384 e. The maximum absolute atomic E-state index is 12.9. The second-order valence-electron chi connectivity index (χ2n) is 7.66. The van der Waals surface area contributed by atoms with E-state index in [2.05, 4.69) is 65.4 Å². The molecule has 0 spiro atoms. The van der Waals surface area contributed by atoms with Gasteiger partial charge in [0.05, 0.1) is 11.3 Å². The highest BCUT2D eigenvalue weighted by molar-refractivity contribution is 5.95. The molecule has 6 heteroatoms.